The zero-order chi connectivity index (χ0) is 13.9. The molecule has 0 bridgehead atoms. The van der Waals surface area contributed by atoms with E-state index in [0.717, 1.165) is 18.4 Å². The van der Waals surface area contributed by atoms with Crippen LogP contribution in [-0.2, 0) is 4.79 Å². The lowest BCUT2D eigenvalue weighted by Gasteiger charge is -2.18. The summed E-state index contributed by atoms with van der Waals surface area (Å²) in [5.41, 5.74) is 13.5. The predicted octanol–water partition coefficient (Wildman–Crippen LogP) is 0.448. The summed E-state index contributed by atoms with van der Waals surface area (Å²) in [6, 6.07) is 10.0. The average Bonchev–Trinajstić information content (AvgIpc) is 3.08. The number of carbonyl (C=O) groups is 1. The van der Waals surface area contributed by atoms with Gasteiger partial charge in [-0.3, -0.25) is 10.2 Å². The number of rotatable bonds is 4. The Hall–Kier alpha value is -1.43. The van der Waals surface area contributed by atoms with Crippen LogP contribution < -0.4 is 21.9 Å². The van der Waals surface area contributed by atoms with Crippen LogP contribution in [0.5, 0.6) is 0 Å². The van der Waals surface area contributed by atoms with Gasteiger partial charge in [-0.2, -0.15) is 0 Å². The largest absolute Gasteiger partial charge is 0.353 e. The first-order valence-corrected chi connectivity index (χ1v) is 7.35. The van der Waals surface area contributed by atoms with Gasteiger partial charge in [-0.15, -0.1) is 0 Å². The molecule has 5 N–H and O–H groups in total. The fraction of sp³-hybridized carbons (Fsp3) is 0.533. The van der Waals surface area contributed by atoms with Gasteiger partial charge in [0, 0.05) is 24.5 Å². The lowest BCUT2D eigenvalue weighted by molar-refractivity contribution is -0.123. The van der Waals surface area contributed by atoms with Gasteiger partial charge in [0.1, 0.15) is 6.04 Å². The molecule has 1 heterocycles. The van der Waals surface area contributed by atoms with Crippen molar-refractivity contribution in [3.8, 4) is 0 Å². The lowest BCUT2D eigenvalue weighted by atomic mass is 9.96. The van der Waals surface area contributed by atoms with Gasteiger partial charge >= 0.3 is 0 Å². The van der Waals surface area contributed by atoms with E-state index in [1.54, 1.807) is 0 Å². The first-order valence-electron chi connectivity index (χ1n) is 7.35. The Morgan fingerprint density at radius 2 is 2.10 bits per heavy atom. The van der Waals surface area contributed by atoms with Crippen molar-refractivity contribution in [3.63, 3.8) is 0 Å². The number of amides is 1. The first-order chi connectivity index (χ1) is 9.75. The molecule has 5 nitrogen and oxygen atoms in total. The van der Waals surface area contributed by atoms with Crippen LogP contribution in [0.1, 0.15) is 30.9 Å². The number of nitrogens with two attached hydrogens (primary N) is 1. The third-order valence-electron chi connectivity index (χ3n) is 4.43. The van der Waals surface area contributed by atoms with Gasteiger partial charge in [0.15, 0.2) is 0 Å². The Morgan fingerprint density at radius 1 is 1.30 bits per heavy atom. The minimum atomic E-state index is -0.158. The number of hydrazine groups is 1. The molecule has 2 fully saturated rings. The van der Waals surface area contributed by atoms with Crippen molar-refractivity contribution < 1.29 is 4.79 Å². The molecule has 1 saturated heterocycles. The van der Waals surface area contributed by atoms with Gasteiger partial charge in [-0.05, 0) is 18.4 Å². The highest BCUT2D eigenvalue weighted by Gasteiger charge is 2.42. The van der Waals surface area contributed by atoms with Crippen LogP contribution in [0.4, 0.5) is 0 Å². The third kappa shape index (κ3) is 2.70. The summed E-state index contributed by atoms with van der Waals surface area (Å²) in [7, 11) is 0. The number of hydrogen-bond acceptors (Lipinski definition) is 4. The molecule has 5 heteroatoms. The molecule has 3 rings (SSSR count). The fourth-order valence-corrected chi connectivity index (χ4v) is 3.27. The summed E-state index contributed by atoms with van der Waals surface area (Å²) in [6.07, 6.45) is 3.48. The second kappa shape index (κ2) is 5.91. The minimum Gasteiger partial charge on any atom is -0.353 e. The summed E-state index contributed by atoms with van der Waals surface area (Å²) in [5, 5.41) is 2.97. The molecule has 1 aliphatic carbocycles. The molecular weight excluding hydrogens is 252 g/mol. The van der Waals surface area contributed by atoms with Gasteiger partial charge in [0.2, 0.25) is 5.91 Å². The molecule has 20 heavy (non-hydrogen) atoms. The summed E-state index contributed by atoms with van der Waals surface area (Å²) < 4.78 is 0. The van der Waals surface area contributed by atoms with E-state index in [-0.39, 0.29) is 18.0 Å². The van der Waals surface area contributed by atoms with Crippen molar-refractivity contribution in [3.05, 3.63) is 35.9 Å². The van der Waals surface area contributed by atoms with Gasteiger partial charge in [-0.25, -0.2) is 5.43 Å². The van der Waals surface area contributed by atoms with E-state index in [9.17, 15) is 4.79 Å². The Balaban J connectivity index is 1.52. The second-order valence-corrected chi connectivity index (χ2v) is 5.73. The first kappa shape index (κ1) is 13.5. The molecule has 108 valence electrons. The Morgan fingerprint density at radius 3 is 2.90 bits per heavy atom. The molecule has 1 saturated carbocycles. The van der Waals surface area contributed by atoms with Crippen molar-refractivity contribution in [1.29, 1.82) is 0 Å². The third-order valence-corrected chi connectivity index (χ3v) is 4.43. The predicted molar refractivity (Wildman–Crippen MR) is 77.6 cm³/mol. The van der Waals surface area contributed by atoms with E-state index < -0.39 is 0 Å². The highest BCUT2D eigenvalue weighted by Crippen LogP contribution is 2.31. The molecule has 4 unspecified atom stereocenters. The SMILES string of the molecule is NC(CNC(=O)C1NNC2CCCC21)c1ccccc1. The number of hydrogen-bond donors (Lipinski definition) is 4. The lowest BCUT2D eigenvalue weighted by Crippen LogP contribution is -2.47. The quantitative estimate of drug-likeness (QED) is 0.643. The number of fused-ring (bicyclic) bond motifs is 1. The van der Waals surface area contributed by atoms with Crippen LogP contribution in [0, 0.1) is 5.92 Å². The normalized spacial score (nSPS) is 29.9. The molecule has 0 radical (unpaired) electrons. The van der Waals surface area contributed by atoms with Crippen molar-refractivity contribution in [1.82, 2.24) is 16.2 Å². The van der Waals surface area contributed by atoms with Gasteiger partial charge in [-0.1, -0.05) is 36.8 Å². The van der Waals surface area contributed by atoms with E-state index in [2.05, 4.69) is 16.2 Å². The summed E-state index contributed by atoms with van der Waals surface area (Å²) in [4.78, 5) is 12.3. The van der Waals surface area contributed by atoms with Crippen molar-refractivity contribution in [2.75, 3.05) is 6.54 Å². The summed E-state index contributed by atoms with van der Waals surface area (Å²) >= 11 is 0. The summed E-state index contributed by atoms with van der Waals surface area (Å²) in [5.74, 6) is 0.473. The fourth-order valence-electron chi connectivity index (χ4n) is 3.27. The van der Waals surface area contributed by atoms with Crippen LogP contribution in [0.15, 0.2) is 30.3 Å². The number of nitrogens with one attached hydrogen (secondary N) is 3. The topological polar surface area (TPSA) is 79.2 Å². The van der Waals surface area contributed by atoms with E-state index in [0.29, 0.717) is 18.5 Å². The van der Waals surface area contributed by atoms with Crippen LogP contribution >= 0.6 is 0 Å². The van der Waals surface area contributed by atoms with Gasteiger partial charge in [0.25, 0.3) is 0 Å². The monoisotopic (exact) mass is 274 g/mol. The minimum absolute atomic E-state index is 0.0540. The zero-order valence-electron chi connectivity index (χ0n) is 11.5. The van der Waals surface area contributed by atoms with Gasteiger partial charge < -0.3 is 11.1 Å². The maximum absolute atomic E-state index is 12.3. The molecule has 0 spiro atoms. The molecule has 2 aliphatic rings. The maximum atomic E-state index is 12.3. The van der Waals surface area contributed by atoms with E-state index in [1.165, 1.54) is 6.42 Å². The smallest absolute Gasteiger partial charge is 0.238 e. The molecular formula is C15H22N4O. The van der Waals surface area contributed by atoms with Crippen LogP contribution in [0.25, 0.3) is 0 Å². The number of carbonyl (C=O) groups excluding carboxylic acids is 1. The molecule has 1 aromatic rings. The molecule has 4 atom stereocenters. The highest BCUT2D eigenvalue weighted by atomic mass is 16.2. The summed E-state index contributed by atoms with van der Waals surface area (Å²) in [6.45, 7) is 0.471. The standard InChI is InChI=1S/C15H22N4O/c16-12(10-5-2-1-3-6-10)9-17-15(20)14-11-7-4-8-13(11)18-19-14/h1-3,5-6,11-14,18-19H,4,7-9,16H2,(H,17,20). The van der Waals surface area contributed by atoms with Crippen molar-refractivity contribution in [2.24, 2.45) is 11.7 Å². The second-order valence-electron chi connectivity index (χ2n) is 5.73. The molecule has 1 amide bonds. The van der Waals surface area contributed by atoms with Gasteiger partial charge in [0.05, 0.1) is 0 Å². The Bertz CT molecular complexity index is 464. The zero-order valence-corrected chi connectivity index (χ0v) is 11.5. The van der Waals surface area contributed by atoms with Crippen molar-refractivity contribution >= 4 is 5.91 Å². The average molecular weight is 274 g/mol. The van der Waals surface area contributed by atoms with E-state index in [4.69, 9.17) is 5.73 Å². The number of benzene rings is 1. The van der Waals surface area contributed by atoms with E-state index in [1.807, 2.05) is 30.3 Å². The Kier molecular flexibility index (Phi) is 4.00. The van der Waals surface area contributed by atoms with Crippen LogP contribution in [0.2, 0.25) is 0 Å². The Labute approximate surface area is 119 Å². The maximum Gasteiger partial charge on any atom is 0.238 e. The molecule has 1 aromatic carbocycles. The van der Waals surface area contributed by atoms with E-state index >= 15 is 0 Å². The van der Waals surface area contributed by atoms with Crippen LogP contribution in [-0.4, -0.2) is 24.5 Å². The highest BCUT2D eigenvalue weighted by molar-refractivity contribution is 5.82. The molecule has 0 aromatic heterocycles. The van der Waals surface area contributed by atoms with Crippen LogP contribution in [0.3, 0.4) is 0 Å². The molecule has 1 aliphatic heterocycles. The van der Waals surface area contributed by atoms with Crippen molar-refractivity contribution in [2.45, 2.75) is 37.4 Å².